The van der Waals surface area contributed by atoms with Crippen LogP contribution in [0.5, 0.6) is 0 Å². The lowest BCUT2D eigenvalue weighted by molar-refractivity contribution is 1.05. The zero-order valence-corrected chi connectivity index (χ0v) is 14.2. The van der Waals surface area contributed by atoms with Crippen LogP contribution in [-0.4, -0.2) is 4.98 Å². The van der Waals surface area contributed by atoms with Gasteiger partial charge in [-0.1, -0.05) is 43.0 Å². The Morgan fingerprint density at radius 2 is 2.09 bits per heavy atom. The van der Waals surface area contributed by atoms with Crippen molar-refractivity contribution in [1.82, 2.24) is 4.98 Å². The largest absolute Gasteiger partial charge is 0.260 e. The molecule has 1 heterocycles. The van der Waals surface area contributed by atoms with E-state index in [2.05, 4.69) is 68.8 Å². The van der Waals surface area contributed by atoms with E-state index in [0.717, 1.165) is 12.8 Å². The number of hydrogen-bond acceptors (Lipinski definition) is 1. The average molecular weight is 301 g/mol. The van der Waals surface area contributed by atoms with Crippen LogP contribution < -0.4 is 0 Å². The molecule has 23 heavy (non-hydrogen) atoms. The molecule has 0 fully saturated rings. The smallest absolute Gasteiger partial charge is 0.0522 e. The molecule has 1 aliphatic rings. The van der Waals surface area contributed by atoms with Gasteiger partial charge in [0, 0.05) is 12.6 Å². The molecule has 0 spiro atoms. The maximum atomic E-state index is 4.60. The maximum absolute atomic E-state index is 4.60. The minimum atomic E-state index is 0.887. The molecule has 0 aliphatic heterocycles. The first-order valence-corrected chi connectivity index (χ1v) is 8.13. The van der Waals surface area contributed by atoms with Gasteiger partial charge in [0.15, 0.2) is 0 Å². The van der Waals surface area contributed by atoms with Gasteiger partial charge in [-0.25, -0.2) is 0 Å². The molecule has 0 saturated carbocycles. The molecule has 1 aliphatic carbocycles. The number of allylic oxidation sites excluding steroid dienone is 4. The number of rotatable bonds is 4. The average Bonchev–Trinajstić information content (AvgIpc) is 3.03. The highest BCUT2D eigenvalue weighted by atomic mass is 14.7. The van der Waals surface area contributed by atoms with E-state index in [1.165, 1.54) is 44.7 Å². The normalized spacial score (nSPS) is 13.7. The molecule has 1 heteroatoms. The van der Waals surface area contributed by atoms with Crippen LogP contribution in [0.15, 0.2) is 54.8 Å². The van der Waals surface area contributed by atoms with Crippen LogP contribution in [0.4, 0.5) is 0 Å². The van der Waals surface area contributed by atoms with E-state index in [0.29, 0.717) is 0 Å². The van der Waals surface area contributed by atoms with Gasteiger partial charge in [-0.05, 0) is 72.2 Å². The van der Waals surface area contributed by atoms with Crippen molar-refractivity contribution in [3.63, 3.8) is 0 Å². The first kappa shape index (κ1) is 15.5. The molecule has 1 aromatic heterocycles. The minimum Gasteiger partial charge on any atom is -0.260 e. The van der Waals surface area contributed by atoms with E-state index in [9.17, 15) is 0 Å². The molecule has 0 atom stereocenters. The van der Waals surface area contributed by atoms with Gasteiger partial charge in [0.05, 0.1) is 5.69 Å². The number of hydrogen-bond donors (Lipinski definition) is 0. The van der Waals surface area contributed by atoms with Gasteiger partial charge < -0.3 is 0 Å². The lowest BCUT2D eigenvalue weighted by Gasteiger charge is -2.12. The van der Waals surface area contributed by atoms with Crippen LogP contribution in [0, 0.1) is 6.92 Å². The Kier molecular flexibility index (Phi) is 4.29. The van der Waals surface area contributed by atoms with Crippen LogP contribution in [-0.2, 0) is 12.8 Å². The number of fused-ring (bicyclic) bond motifs is 1. The second-order valence-corrected chi connectivity index (χ2v) is 6.28. The van der Waals surface area contributed by atoms with Crippen molar-refractivity contribution in [2.45, 2.75) is 33.6 Å². The molecule has 0 radical (unpaired) electrons. The molecule has 0 bridgehead atoms. The molecule has 0 amide bonds. The lowest BCUT2D eigenvalue weighted by atomic mass is 9.94. The summed E-state index contributed by atoms with van der Waals surface area (Å²) in [6.45, 7) is 10.3. The Morgan fingerprint density at radius 1 is 1.26 bits per heavy atom. The molecular weight excluding hydrogens is 278 g/mol. The van der Waals surface area contributed by atoms with Crippen molar-refractivity contribution in [3.05, 3.63) is 88.3 Å². The van der Waals surface area contributed by atoms with E-state index in [1.54, 1.807) is 0 Å². The Balaban J connectivity index is 1.92. The van der Waals surface area contributed by atoms with Crippen LogP contribution in [0.2, 0.25) is 0 Å². The van der Waals surface area contributed by atoms with Gasteiger partial charge in [0.2, 0.25) is 0 Å². The first-order valence-electron chi connectivity index (χ1n) is 8.13. The maximum Gasteiger partial charge on any atom is 0.0522 e. The zero-order valence-electron chi connectivity index (χ0n) is 14.2. The van der Waals surface area contributed by atoms with Crippen LogP contribution in [0.1, 0.15) is 47.4 Å². The number of nitrogens with zero attached hydrogens (tertiary/aromatic N) is 1. The summed E-state index contributed by atoms with van der Waals surface area (Å²) in [5.41, 5.74) is 10.3. The molecule has 2 aromatic rings. The molecule has 116 valence electrons. The van der Waals surface area contributed by atoms with Gasteiger partial charge in [-0.3, -0.25) is 4.98 Å². The van der Waals surface area contributed by atoms with Crippen LogP contribution in [0.25, 0.3) is 11.6 Å². The summed E-state index contributed by atoms with van der Waals surface area (Å²) in [6.07, 6.45) is 10.2. The van der Waals surface area contributed by atoms with E-state index in [1.807, 2.05) is 12.3 Å². The number of pyridine rings is 1. The predicted octanol–water partition coefficient (Wildman–Crippen LogP) is 5.53. The molecule has 3 rings (SSSR count). The quantitative estimate of drug-likeness (QED) is 0.677. The molecular formula is C22H23N. The summed E-state index contributed by atoms with van der Waals surface area (Å²) >= 11 is 0. The topological polar surface area (TPSA) is 12.9 Å². The van der Waals surface area contributed by atoms with Crippen molar-refractivity contribution < 1.29 is 0 Å². The molecule has 0 unspecified atom stereocenters. The first-order chi connectivity index (χ1) is 11.1. The monoisotopic (exact) mass is 301 g/mol. The summed E-state index contributed by atoms with van der Waals surface area (Å²) in [4.78, 5) is 4.60. The predicted molar refractivity (Wildman–Crippen MR) is 99.4 cm³/mol. The van der Waals surface area contributed by atoms with Crippen molar-refractivity contribution in [3.8, 4) is 0 Å². The highest BCUT2D eigenvalue weighted by molar-refractivity contribution is 5.71. The van der Waals surface area contributed by atoms with Gasteiger partial charge >= 0.3 is 0 Å². The van der Waals surface area contributed by atoms with Crippen molar-refractivity contribution >= 4 is 11.6 Å². The fraction of sp³-hybridized carbons (Fsp3) is 0.227. The van der Waals surface area contributed by atoms with Crippen molar-refractivity contribution in [1.29, 1.82) is 0 Å². The Morgan fingerprint density at radius 3 is 2.83 bits per heavy atom. The van der Waals surface area contributed by atoms with E-state index in [4.69, 9.17) is 0 Å². The highest BCUT2D eigenvalue weighted by Crippen LogP contribution is 2.26. The van der Waals surface area contributed by atoms with Crippen LogP contribution in [0.3, 0.4) is 0 Å². The SMILES string of the molecule is C=C/C(C)=C(\C)c1ccc(Cc2nccc3c2C=CC3)cc1C. The number of aromatic nitrogens is 1. The summed E-state index contributed by atoms with van der Waals surface area (Å²) in [6, 6.07) is 8.86. The molecule has 1 aromatic carbocycles. The third-order valence-electron chi connectivity index (χ3n) is 4.75. The summed E-state index contributed by atoms with van der Waals surface area (Å²) in [5.74, 6) is 0. The zero-order chi connectivity index (χ0) is 16.4. The third kappa shape index (κ3) is 3.05. The summed E-state index contributed by atoms with van der Waals surface area (Å²) < 4.78 is 0. The second kappa shape index (κ2) is 6.37. The lowest BCUT2D eigenvalue weighted by Crippen LogP contribution is -1.99. The van der Waals surface area contributed by atoms with Gasteiger partial charge in [-0.15, -0.1) is 0 Å². The van der Waals surface area contributed by atoms with Crippen LogP contribution >= 0.6 is 0 Å². The van der Waals surface area contributed by atoms with Crippen molar-refractivity contribution in [2.24, 2.45) is 0 Å². The number of aryl methyl sites for hydroxylation is 1. The minimum absolute atomic E-state index is 0.887. The molecule has 0 N–H and O–H groups in total. The summed E-state index contributed by atoms with van der Waals surface area (Å²) in [5, 5.41) is 0. The molecule has 1 nitrogen and oxygen atoms in total. The van der Waals surface area contributed by atoms with E-state index >= 15 is 0 Å². The van der Waals surface area contributed by atoms with Gasteiger partial charge in [0.1, 0.15) is 0 Å². The summed E-state index contributed by atoms with van der Waals surface area (Å²) in [7, 11) is 0. The standard InChI is InChI=1S/C22H23N/c1-5-15(2)17(4)20-10-9-18(13-16(20)3)14-22-21-8-6-7-19(21)11-12-23-22/h5-6,8-13H,1,7,14H2,2-4H3/b17-15+. The second-order valence-electron chi connectivity index (χ2n) is 6.28. The van der Waals surface area contributed by atoms with E-state index in [-0.39, 0.29) is 0 Å². The van der Waals surface area contributed by atoms with Crippen molar-refractivity contribution in [2.75, 3.05) is 0 Å². The third-order valence-corrected chi connectivity index (χ3v) is 4.75. The molecule has 0 saturated heterocycles. The Bertz CT molecular complexity index is 822. The number of benzene rings is 1. The Hall–Kier alpha value is -2.41. The Labute approximate surface area is 139 Å². The van der Waals surface area contributed by atoms with Gasteiger partial charge in [0.25, 0.3) is 0 Å². The fourth-order valence-corrected chi connectivity index (χ4v) is 3.20. The van der Waals surface area contributed by atoms with Gasteiger partial charge in [-0.2, -0.15) is 0 Å². The fourth-order valence-electron chi connectivity index (χ4n) is 3.20. The highest BCUT2D eigenvalue weighted by Gasteiger charge is 2.12. The van der Waals surface area contributed by atoms with E-state index < -0.39 is 0 Å².